The Balaban J connectivity index is 0.000000173. The largest absolute Gasteiger partial charge is 0.399 e. The summed E-state index contributed by atoms with van der Waals surface area (Å²) in [6, 6.07) is 44.3. The number of unbranched alkanes of at least 4 members (excludes halogenated alkanes) is 2. The fourth-order valence-electron chi connectivity index (χ4n) is 6.40. The van der Waals surface area contributed by atoms with E-state index < -0.39 is 0 Å². The van der Waals surface area contributed by atoms with Crippen molar-refractivity contribution < 1.29 is 0 Å². The average molecular weight is 772 g/mol. The number of hydrogen-bond donors (Lipinski definition) is 7. The fraction of sp³-hybridized carbons (Fsp3) is 0.176. The van der Waals surface area contributed by atoms with E-state index >= 15 is 0 Å². The molecule has 0 saturated carbocycles. The first-order valence-electron chi connectivity index (χ1n) is 19.9. The molecule has 300 valence electrons. The predicted molar refractivity (Wildman–Crippen MR) is 259 cm³/mol. The number of nitrogen functional groups attached to an aromatic ring is 6. The lowest BCUT2D eigenvalue weighted by Crippen LogP contribution is -2.14. The van der Waals surface area contributed by atoms with Crippen LogP contribution in [0.2, 0.25) is 0 Å². The van der Waals surface area contributed by atoms with E-state index in [0.717, 1.165) is 78.9 Å². The fourth-order valence-corrected chi connectivity index (χ4v) is 6.40. The van der Waals surface area contributed by atoms with Crippen LogP contribution in [0.3, 0.4) is 0 Å². The quantitative estimate of drug-likeness (QED) is 0.0536. The van der Waals surface area contributed by atoms with Crippen molar-refractivity contribution in [2.24, 2.45) is 0 Å². The highest BCUT2D eigenvalue weighted by atomic mass is 14.9. The van der Waals surface area contributed by atoms with Gasteiger partial charge in [0.15, 0.2) is 0 Å². The van der Waals surface area contributed by atoms with Gasteiger partial charge >= 0.3 is 0 Å². The third-order valence-electron chi connectivity index (χ3n) is 9.99. The van der Waals surface area contributed by atoms with Gasteiger partial charge in [-0.15, -0.1) is 0 Å². The molecule has 0 fully saturated rings. The van der Waals surface area contributed by atoms with Crippen LogP contribution in [0.4, 0.5) is 39.8 Å². The van der Waals surface area contributed by atoms with Crippen LogP contribution in [-0.4, -0.2) is 6.04 Å². The van der Waals surface area contributed by atoms with Gasteiger partial charge in [0.1, 0.15) is 0 Å². The molecule has 7 aromatic rings. The van der Waals surface area contributed by atoms with Gasteiger partial charge in [0, 0.05) is 78.5 Å². The van der Waals surface area contributed by atoms with E-state index in [1.165, 1.54) is 42.4 Å². The van der Waals surface area contributed by atoms with Gasteiger partial charge in [-0.3, -0.25) is 0 Å². The lowest BCUT2D eigenvalue weighted by atomic mass is 10.0. The summed E-state index contributed by atoms with van der Waals surface area (Å²) in [4.78, 5) is 0. The second-order valence-corrected chi connectivity index (χ2v) is 14.2. The Hall–Kier alpha value is -6.86. The maximum absolute atomic E-state index is 5.89. The van der Waals surface area contributed by atoms with Crippen LogP contribution >= 0.6 is 0 Å². The second-order valence-electron chi connectivity index (χ2n) is 14.2. The molecule has 0 spiro atoms. The van der Waals surface area contributed by atoms with Crippen molar-refractivity contribution in [3.63, 3.8) is 0 Å². The highest BCUT2D eigenvalue weighted by Crippen LogP contribution is 2.29. The Kier molecular flexibility index (Phi) is 16.7. The second kappa shape index (κ2) is 22.0. The molecule has 0 amide bonds. The Morgan fingerprint density at radius 3 is 1.31 bits per heavy atom. The van der Waals surface area contributed by atoms with Gasteiger partial charge in [-0.2, -0.15) is 0 Å². The van der Waals surface area contributed by atoms with Crippen LogP contribution < -0.4 is 39.7 Å². The Morgan fingerprint density at radius 1 is 0.500 bits per heavy atom. The van der Waals surface area contributed by atoms with Crippen LogP contribution in [-0.2, 0) is 6.42 Å². The van der Waals surface area contributed by atoms with Gasteiger partial charge in [0.25, 0.3) is 0 Å². The van der Waals surface area contributed by atoms with E-state index in [2.05, 4.69) is 75.6 Å². The molecule has 0 aromatic heterocycles. The van der Waals surface area contributed by atoms with E-state index in [1.54, 1.807) is 6.08 Å². The highest BCUT2D eigenvalue weighted by molar-refractivity contribution is 6.01. The summed E-state index contributed by atoms with van der Waals surface area (Å²) in [5.41, 5.74) is 46.3. The van der Waals surface area contributed by atoms with Crippen molar-refractivity contribution in [3.8, 4) is 11.1 Å². The van der Waals surface area contributed by atoms with Crippen LogP contribution in [0.1, 0.15) is 63.1 Å². The molecule has 0 radical (unpaired) electrons. The Bertz CT molecular complexity index is 2220. The zero-order valence-electron chi connectivity index (χ0n) is 34.3. The van der Waals surface area contributed by atoms with E-state index in [0.29, 0.717) is 6.04 Å². The van der Waals surface area contributed by atoms with Crippen molar-refractivity contribution in [1.29, 1.82) is 0 Å². The molecule has 7 rings (SSSR count). The van der Waals surface area contributed by atoms with Gasteiger partial charge in [-0.1, -0.05) is 137 Å². The number of nitrogens with one attached hydrogen (secondary N) is 1. The molecule has 0 aliphatic carbocycles. The molecule has 0 bridgehead atoms. The summed E-state index contributed by atoms with van der Waals surface area (Å²) in [5, 5.41) is 7.54. The Morgan fingerprint density at radius 2 is 0.914 bits per heavy atom. The maximum Gasteiger partial charge on any atom is 0.0423 e. The molecule has 0 aliphatic rings. The van der Waals surface area contributed by atoms with Crippen molar-refractivity contribution >= 4 is 73.5 Å². The summed E-state index contributed by atoms with van der Waals surface area (Å²) in [6.45, 7) is 14.2. The zero-order chi connectivity index (χ0) is 42.0. The molecule has 7 nitrogen and oxygen atoms in total. The molecule has 7 heteroatoms. The molecule has 7 aromatic carbocycles. The number of benzene rings is 7. The van der Waals surface area contributed by atoms with E-state index in [9.17, 15) is 0 Å². The van der Waals surface area contributed by atoms with E-state index in [-0.39, 0.29) is 0 Å². The topological polar surface area (TPSA) is 168 Å². The average Bonchev–Trinajstić information content (AvgIpc) is 3.25. The number of hydrogen-bond acceptors (Lipinski definition) is 7. The summed E-state index contributed by atoms with van der Waals surface area (Å²) < 4.78 is 0. The third-order valence-corrected chi connectivity index (χ3v) is 9.99. The minimum absolute atomic E-state index is 0.431. The monoisotopic (exact) mass is 771 g/mol. The van der Waals surface area contributed by atoms with Crippen molar-refractivity contribution in [2.75, 3.05) is 39.7 Å². The minimum Gasteiger partial charge on any atom is -0.399 e. The third kappa shape index (κ3) is 12.1. The summed E-state index contributed by atoms with van der Waals surface area (Å²) in [6.07, 6.45) is 9.74. The first kappa shape index (κ1) is 43.9. The summed E-state index contributed by atoms with van der Waals surface area (Å²) >= 11 is 0. The maximum atomic E-state index is 5.89. The van der Waals surface area contributed by atoms with Gasteiger partial charge < -0.3 is 39.7 Å². The molecule has 0 saturated heterocycles. The van der Waals surface area contributed by atoms with E-state index in [4.69, 9.17) is 34.4 Å². The summed E-state index contributed by atoms with van der Waals surface area (Å²) in [5.74, 6) is 0. The number of fused-ring (bicyclic) bond motifs is 2. The minimum atomic E-state index is 0.431. The van der Waals surface area contributed by atoms with Gasteiger partial charge in [-0.25, -0.2) is 0 Å². The van der Waals surface area contributed by atoms with Gasteiger partial charge in [0.2, 0.25) is 0 Å². The lowest BCUT2D eigenvalue weighted by Gasteiger charge is -2.17. The van der Waals surface area contributed by atoms with Crippen molar-refractivity contribution in [3.05, 3.63) is 163 Å². The number of nitrogens with two attached hydrogens (primary N) is 6. The van der Waals surface area contributed by atoms with Crippen LogP contribution in [0.15, 0.2) is 147 Å². The predicted octanol–water partition coefficient (Wildman–Crippen LogP) is 12.4. The number of anilines is 7. The van der Waals surface area contributed by atoms with Gasteiger partial charge in [-0.05, 0) is 91.4 Å². The Labute approximate surface area is 345 Å². The SMILES string of the molecule is C=Cc1c(N)ccc(NC(C)CC)c1C=C.CCCCCc1ccc(-c2ccc(N)cc2)cc1.Nc1ccc(N)c2ccccc12.Nc1ccc(N)c2ccccc12. The molecule has 58 heavy (non-hydrogen) atoms. The van der Waals surface area contributed by atoms with Crippen LogP contribution in [0, 0.1) is 0 Å². The standard InChI is InChI=1S/C17H21N.C14H20N2.2C10H10N2/c1-2-3-4-5-14-6-8-15(9-7-14)16-10-12-17(18)13-11-16;1-5-10(4)16-14-9-8-13(15)11(6-2)12(14)7-3;2*11-9-5-6-10(12)8-4-2-1-3-7(8)9/h6-13H,2-5,18H2,1H3;6-10,16H,2-3,5,15H2,1,4H3;2*1-6H,11-12H2. The summed E-state index contributed by atoms with van der Waals surface area (Å²) in [7, 11) is 0. The molecule has 13 N–H and O–H groups in total. The normalized spacial score (nSPS) is 10.8. The molecular formula is C51H61N7. The first-order valence-corrected chi connectivity index (χ1v) is 19.9. The molecule has 1 unspecified atom stereocenters. The van der Waals surface area contributed by atoms with Crippen molar-refractivity contribution in [1.82, 2.24) is 0 Å². The molecule has 1 atom stereocenters. The smallest absolute Gasteiger partial charge is 0.0423 e. The van der Waals surface area contributed by atoms with E-state index in [1.807, 2.05) is 103 Å². The van der Waals surface area contributed by atoms with Crippen LogP contribution in [0.25, 0.3) is 44.8 Å². The van der Waals surface area contributed by atoms with Gasteiger partial charge in [0.05, 0.1) is 0 Å². The molecular weight excluding hydrogens is 711 g/mol. The zero-order valence-corrected chi connectivity index (χ0v) is 34.3. The van der Waals surface area contributed by atoms with Crippen LogP contribution in [0.5, 0.6) is 0 Å². The van der Waals surface area contributed by atoms with Crippen molar-refractivity contribution in [2.45, 2.75) is 58.9 Å². The number of aryl methyl sites for hydroxylation is 1. The lowest BCUT2D eigenvalue weighted by molar-refractivity contribution is 0.717. The highest BCUT2D eigenvalue weighted by Gasteiger charge is 2.08. The molecule has 0 aliphatic heterocycles. The molecule has 0 heterocycles. The number of rotatable bonds is 10. The first-order chi connectivity index (χ1) is 28.0.